The van der Waals surface area contributed by atoms with Crippen molar-refractivity contribution in [3.8, 4) is 11.4 Å². The number of piperidine rings is 1. The van der Waals surface area contributed by atoms with Gasteiger partial charge in [-0.25, -0.2) is 0 Å². The smallest absolute Gasteiger partial charge is 0.241 e. The Hall–Kier alpha value is -1.63. The lowest BCUT2D eigenvalue weighted by atomic mass is 9.97. The molecule has 1 saturated heterocycles. The van der Waals surface area contributed by atoms with Gasteiger partial charge in [0.25, 0.3) is 0 Å². The number of nitrogens with zero attached hydrogens (tertiary/aromatic N) is 3. The average molecular weight is 425 g/mol. The molecule has 0 aliphatic carbocycles. The van der Waals surface area contributed by atoms with Crippen LogP contribution in [0.2, 0.25) is 10.0 Å². The van der Waals surface area contributed by atoms with Crippen molar-refractivity contribution in [3.63, 3.8) is 0 Å². The quantitative estimate of drug-likeness (QED) is 0.711. The molecule has 1 aromatic carbocycles. The fraction of sp³-hybridized carbons (Fsp3) is 0.550. The van der Waals surface area contributed by atoms with E-state index in [4.69, 9.17) is 27.7 Å². The maximum absolute atomic E-state index is 12.4. The molecule has 1 N–H and O–H groups in total. The van der Waals surface area contributed by atoms with Gasteiger partial charge in [-0.15, -0.1) is 0 Å². The second-order valence-corrected chi connectivity index (χ2v) is 8.53. The van der Waals surface area contributed by atoms with E-state index < -0.39 is 0 Å². The lowest BCUT2D eigenvalue weighted by Gasteiger charge is -2.30. The molecular weight excluding hydrogens is 399 g/mol. The summed E-state index contributed by atoms with van der Waals surface area (Å²) in [5, 5.41) is 8.14. The van der Waals surface area contributed by atoms with Gasteiger partial charge < -0.3 is 9.84 Å². The lowest BCUT2D eigenvalue weighted by molar-refractivity contribution is -0.126. The van der Waals surface area contributed by atoms with Crippen LogP contribution in [0.3, 0.4) is 0 Å². The molecule has 0 spiro atoms. The molecule has 8 heteroatoms. The van der Waals surface area contributed by atoms with Gasteiger partial charge >= 0.3 is 0 Å². The summed E-state index contributed by atoms with van der Waals surface area (Å²) < 4.78 is 5.40. The molecule has 0 bridgehead atoms. The molecule has 1 fully saturated rings. The lowest BCUT2D eigenvalue weighted by Crippen LogP contribution is -2.43. The van der Waals surface area contributed by atoms with Gasteiger partial charge in [-0.1, -0.05) is 42.2 Å². The van der Waals surface area contributed by atoms with Crippen LogP contribution in [-0.2, 0) is 11.3 Å². The summed E-state index contributed by atoms with van der Waals surface area (Å²) in [5.74, 6) is 1.70. The van der Waals surface area contributed by atoms with Crippen LogP contribution in [0.4, 0.5) is 0 Å². The zero-order valence-corrected chi connectivity index (χ0v) is 17.8. The second-order valence-electron chi connectivity index (χ2n) is 7.68. The van der Waals surface area contributed by atoms with Crippen molar-refractivity contribution >= 4 is 29.1 Å². The molecule has 1 aliphatic rings. The topological polar surface area (TPSA) is 71.3 Å². The van der Waals surface area contributed by atoms with Crippen LogP contribution in [0.5, 0.6) is 0 Å². The number of benzene rings is 1. The van der Waals surface area contributed by atoms with Crippen molar-refractivity contribution in [2.45, 2.75) is 39.7 Å². The number of carbonyl (C=O) groups is 1. The van der Waals surface area contributed by atoms with Crippen molar-refractivity contribution in [2.75, 3.05) is 19.6 Å². The summed E-state index contributed by atoms with van der Waals surface area (Å²) >= 11 is 12.2. The van der Waals surface area contributed by atoms with E-state index in [-0.39, 0.29) is 11.8 Å². The molecule has 1 aromatic heterocycles. The highest BCUT2D eigenvalue weighted by Crippen LogP contribution is 2.28. The Balaban J connectivity index is 1.57. The molecule has 1 amide bonds. The Kier molecular flexibility index (Phi) is 7.32. The van der Waals surface area contributed by atoms with E-state index in [0.29, 0.717) is 46.3 Å². The van der Waals surface area contributed by atoms with Gasteiger partial charge in [-0.2, -0.15) is 4.98 Å². The van der Waals surface area contributed by atoms with Crippen molar-refractivity contribution in [1.82, 2.24) is 20.4 Å². The average Bonchev–Trinajstić information content (AvgIpc) is 3.09. The number of carbonyl (C=O) groups excluding carboxylic acids is 1. The van der Waals surface area contributed by atoms with Gasteiger partial charge in [0, 0.05) is 23.7 Å². The van der Waals surface area contributed by atoms with Gasteiger partial charge in [0.2, 0.25) is 17.6 Å². The standard InChI is InChI=1S/C20H26Cl2N4O2/c1-13(2)7-8-23-20(27)14-4-3-9-26(11-14)12-18-24-19(25-28-18)16-6-5-15(21)10-17(16)22/h5-6,10,13-14H,3-4,7-9,11-12H2,1-2H3,(H,23,27). The molecular formula is C20H26Cl2N4O2. The van der Waals surface area contributed by atoms with E-state index in [9.17, 15) is 4.79 Å². The third-order valence-corrected chi connectivity index (χ3v) is 5.44. The molecule has 6 nitrogen and oxygen atoms in total. The highest BCUT2D eigenvalue weighted by Gasteiger charge is 2.26. The number of rotatable bonds is 7. The fourth-order valence-electron chi connectivity index (χ4n) is 3.33. The van der Waals surface area contributed by atoms with E-state index in [0.717, 1.165) is 32.4 Å². The van der Waals surface area contributed by atoms with Gasteiger partial charge in [0.15, 0.2) is 0 Å². The molecule has 2 heterocycles. The first kappa shape index (κ1) is 21.1. The summed E-state index contributed by atoms with van der Waals surface area (Å²) in [7, 11) is 0. The predicted octanol–water partition coefficient (Wildman–Crippen LogP) is 4.42. The highest BCUT2D eigenvalue weighted by molar-refractivity contribution is 6.36. The number of hydrogen-bond donors (Lipinski definition) is 1. The van der Waals surface area contributed by atoms with Crippen LogP contribution >= 0.6 is 23.2 Å². The SMILES string of the molecule is CC(C)CCNC(=O)C1CCCN(Cc2nc(-c3ccc(Cl)cc3Cl)no2)C1. The minimum Gasteiger partial charge on any atom is -0.356 e. The van der Waals surface area contributed by atoms with Crippen LogP contribution < -0.4 is 5.32 Å². The Bertz CT molecular complexity index is 809. The Morgan fingerprint density at radius 2 is 2.21 bits per heavy atom. The van der Waals surface area contributed by atoms with Gasteiger partial charge in [0.1, 0.15) is 0 Å². The second kappa shape index (κ2) is 9.72. The van der Waals surface area contributed by atoms with Gasteiger partial charge in [0.05, 0.1) is 17.5 Å². The third kappa shape index (κ3) is 5.69. The first-order valence-corrected chi connectivity index (χ1v) is 10.5. The monoisotopic (exact) mass is 424 g/mol. The Morgan fingerprint density at radius 3 is 2.96 bits per heavy atom. The van der Waals surface area contributed by atoms with E-state index in [1.807, 2.05) is 0 Å². The Labute approximate surface area is 175 Å². The van der Waals surface area contributed by atoms with E-state index in [1.54, 1.807) is 18.2 Å². The maximum atomic E-state index is 12.4. The first-order valence-electron chi connectivity index (χ1n) is 9.70. The minimum absolute atomic E-state index is 0.00835. The van der Waals surface area contributed by atoms with Crippen LogP contribution in [0.15, 0.2) is 22.7 Å². The minimum atomic E-state index is 0.00835. The normalized spacial score (nSPS) is 17.8. The molecule has 0 saturated carbocycles. The summed E-state index contributed by atoms with van der Waals surface area (Å²) in [5.41, 5.74) is 0.683. The summed E-state index contributed by atoms with van der Waals surface area (Å²) in [6, 6.07) is 5.17. The van der Waals surface area contributed by atoms with E-state index in [2.05, 4.69) is 34.2 Å². The number of hydrogen-bond acceptors (Lipinski definition) is 5. The number of likely N-dealkylation sites (tertiary alicyclic amines) is 1. The maximum Gasteiger partial charge on any atom is 0.241 e. The van der Waals surface area contributed by atoms with Crippen LogP contribution in [0, 0.1) is 11.8 Å². The molecule has 0 radical (unpaired) electrons. The summed E-state index contributed by atoms with van der Waals surface area (Å²) in [4.78, 5) is 19.1. The van der Waals surface area contributed by atoms with Gasteiger partial charge in [-0.3, -0.25) is 9.69 Å². The van der Waals surface area contributed by atoms with E-state index in [1.165, 1.54) is 0 Å². The van der Waals surface area contributed by atoms with Crippen molar-refractivity contribution < 1.29 is 9.32 Å². The van der Waals surface area contributed by atoms with Crippen LogP contribution in [-0.4, -0.2) is 40.6 Å². The third-order valence-electron chi connectivity index (χ3n) is 4.90. The molecule has 3 rings (SSSR count). The summed E-state index contributed by atoms with van der Waals surface area (Å²) in [6.07, 6.45) is 2.89. The van der Waals surface area contributed by atoms with Crippen LogP contribution in [0.25, 0.3) is 11.4 Å². The largest absolute Gasteiger partial charge is 0.356 e. The number of nitrogens with one attached hydrogen (secondary N) is 1. The number of amides is 1. The fourth-order valence-corrected chi connectivity index (χ4v) is 3.83. The van der Waals surface area contributed by atoms with Crippen molar-refractivity contribution in [2.24, 2.45) is 11.8 Å². The summed E-state index contributed by atoms with van der Waals surface area (Å²) in [6.45, 7) is 7.19. The van der Waals surface area contributed by atoms with Crippen molar-refractivity contribution in [1.29, 1.82) is 0 Å². The molecule has 28 heavy (non-hydrogen) atoms. The molecule has 1 unspecified atom stereocenters. The Morgan fingerprint density at radius 1 is 1.39 bits per heavy atom. The number of halogens is 2. The number of aromatic nitrogens is 2. The highest BCUT2D eigenvalue weighted by atomic mass is 35.5. The molecule has 1 atom stereocenters. The molecule has 2 aromatic rings. The molecule has 152 valence electrons. The predicted molar refractivity (Wildman–Crippen MR) is 110 cm³/mol. The van der Waals surface area contributed by atoms with E-state index >= 15 is 0 Å². The molecule has 1 aliphatic heterocycles. The van der Waals surface area contributed by atoms with Crippen molar-refractivity contribution in [3.05, 3.63) is 34.1 Å². The first-order chi connectivity index (χ1) is 13.4. The van der Waals surface area contributed by atoms with Crippen LogP contribution in [0.1, 0.15) is 39.0 Å². The zero-order chi connectivity index (χ0) is 20.1. The zero-order valence-electron chi connectivity index (χ0n) is 16.3. The van der Waals surface area contributed by atoms with Gasteiger partial charge in [-0.05, 0) is 49.9 Å².